The third-order valence-electron chi connectivity index (χ3n) is 2.82. The Labute approximate surface area is 109 Å². The zero-order valence-corrected chi connectivity index (χ0v) is 10.8. The van der Waals surface area contributed by atoms with Gasteiger partial charge < -0.3 is 10.5 Å². The van der Waals surface area contributed by atoms with Gasteiger partial charge in [0.25, 0.3) is 5.01 Å². The number of nitrogen functional groups attached to an aromatic ring is 1. The molecule has 0 atom stereocenters. The number of H-pyrrole nitrogens is 1. The molecule has 0 unspecified atom stereocenters. The number of methoxy groups -OCH3 is 1. The molecule has 0 bridgehead atoms. The fourth-order valence-electron chi connectivity index (χ4n) is 1.84. The highest BCUT2D eigenvalue weighted by molar-refractivity contribution is 7.21. The van der Waals surface area contributed by atoms with Crippen LogP contribution in [0.1, 0.15) is 0 Å². The number of aromatic nitrogens is 1. The summed E-state index contributed by atoms with van der Waals surface area (Å²) >= 11 is 1.71. The summed E-state index contributed by atoms with van der Waals surface area (Å²) in [5.41, 5.74) is 8.73. The van der Waals surface area contributed by atoms with Crippen molar-refractivity contribution in [3.8, 4) is 16.3 Å². The van der Waals surface area contributed by atoms with Gasteiger partial charge in [-0.3, -0.25) is 0 Å². The Balaban J connectivity index is 2.10. The Hall–Kier alpha value is -2.07. The molecule has 18 heavy (non-hydrogen) atoms. The van der Waals surface area contributed by atoms with Crippen LogP contribution < -0.4 is 15.5 Å². The van der Waals surface area contributed by atoms with Crippen LogP contribution in [0.4, 0.5) is 5.69 Å². The maximum absolute atomic E-state index is 5.69. The van der Waals surface area contributed by atoms with Gasteiger partial charge in [-0.2, -0.15) is 4.98 Å². The van der Waals surface area contributed by atoms with Gasteiger partial charge in [-0.05, 0) is 30.3 Å². The van der Waals surface area contributed by atoms with Gasteiger partial charge >= 0.3 is 0 Å². The normalized spacial score (nSPS) is 10.7. The Morgan fingerprint density at radius 2 is 1.89 bits per heavy atom. The second kappa shape index (κ2) is 4.31. The number of ether oxygens (including phenoxy) is 1. The van der Waals surface area contributed by atoms with Crippen LogP contribution in [0.25, 0.3) is 20.8 Å². The second-order valence-corrected chi connectivity index (χ2v) is 5.09. The molecule has 0 aliphatic carbocycles. The summed E-state index contributed by atoms with van der Waals surface area (Å²) in [5.74, 6) is 0.876. The van der Waals surface area contributed by atoms with Gasteiger partial charge in [0, 0.05) is 17.8 Å². The first-order chi connectivity index (χ1) is 8.76. The van der Waals surface area contributed by atoms with E-state index in [0.717, 1.165) is 27.5 Å². The molecule has 3 N–H and O–H groups in total. The number of hydrogen-bond acceptors (Lipinski definition) is 3. The number of aromatic amines is 1. The van der Waals surface area contributed by atoms with E-state index in [1.54, 1.807) is 18.4 Å². The summed E-state index contributed by atoms with van der Waals surface area (Å²) < 4.78 is 6.41. The van der Waals surface area contributed by atoms with E-state index in [4.69, 9.17) is 10.5 Å². The van der Waals surface area contributed by atoms with Gasteiger partial charge in [0.15, 0.2) is 0 Å². The minimum absolute atomic E-state index is 0.779. The number of hydrogen-bond donors (Lipinski definition) is 1. The van der Waals surface area contributed by atoms with E-state index < -0.39 is 0 Å². The van der Waals surface area contributed by atoms with Crippen LogP contribution in [0.5, 0.6) is 5.75 Å². The van der Waals surface area contributed by atoms with E-state index >= 15 is 0 Å². The molecule has 4 heteroatoms. The molecule has 0 saturated carbocycles. The Kier molecular flexibility index (Phi) is 2.64. The molecule has 90 valence electrons. The van der Waals surface area contributed by atoms with Crippen molar-refractivity contribution in [2.45, 2.75) is 0 Å². The summed E-state index contributed by atoms with van der Waals surface area (Å²) in [7, 11) is 1.68. The third-order valence-corrected chi connectivity index (χ3v) is 3.92. The smallest absolute Gasteiger partial charge is 0.268 e. The summed E-state index contributed by atoms with van der Waals surface area (Å²) in [6.07, 6.45) is 0. The SMILES string of the molecule is COc1ccc2[nH+]c(-c3ccc(N)cc3)sc2c1. The molecule has 0 fully saturated rings. The fourth-order valence-corrected chi connectivity index (χ4v) is 2.88. The quantitative estimate of drug-likeness (QED) is 0.717. The van der Waals surface area contributed by atoms with Crippen molar-refractivity contribution in [2.75, 3.05) is 12.8 Å². The molecule has 1 aromatic heterocycles. The van der Waals surface area contributed by atoms with Crippen molar-refractivity contribution in [1.29, 1.82) is 0 Å². The first-order valence-electron chi connectivity index (χ1n) is 5.62. The van der Waals surface area contributed by atoms with E-state index in [1.807, 2.05) is 42.5 Å². The Bertz CT molecular complexity index is 689. The summed E-state index contributed by atoms with van der Waals surface area (Å²) in [6.45, 7) is 0. The molecular weight excluding hydrogens is 244 g/mol. The molecule has 0 aliphatic rings. The monoisotopic (exact) mass is 257 g/mol. The average molecular weight is 257 g/mol. The Morgan fingerprint density at radius 3 is 2.61 bits per heavy atom. The number of fused-ring (bicyclic) bond motifs is 1. The van der Waals surface area contributed by atoms with Crippen LogP contribution in [0.2, 0.25) is 0 Å². The van der Waals surface area contributed by atoms with Gasteiger partial charge in [-0.15, -0.1) is 0 Å². The van der Waals surface area contributed by atoms with Crippen LogP contribution in [-0.2, 0) is 0 Å². The van der Waals surface area contributed by atoms with Crippen LogP contribution in [-0.4, -0.2) is 7.11 Å². The van der Waals surface area contributed by atoms with Crippen molar-refractivity contribution in [2.24, 2.45) is 0 Å². The molecular formula is C14H13N2OS+. The van der Waals surface area contributed by atoms with Crippen molar-refractivity contribution < 1.29 is 9.72 Å². The maximum atomic E-state index is 5.69. The van der Waals surface area contributed by atoms with Crippen molar-refractivity contribution in [1.82, 2.24) is 0 Å². The molecule has 1 heterocycles. The Morgan fingerprint density at radius 1 is 1.11 bits per heavy atom. The van der Waals surface area contributed by atoms with E-state index in [-0.39, 0.29) is 0 Å². The van der Waals surface area contributed by atoms with Gasteiger partial charge in [-0.1, -0.05) is 11.3 Å². The van der Waals surface area contributed by atoms with E-state index in [9.17, 15) is 0 Å². The zero-order valence-electron chi connectivity index (χ0n) is 9.94. The molecule has 0 saturated heterocycles. The zero-order chi connectivity index (χ0) is 12.5. The minimum Gasteiger partial charge on any atom is -0.497 e. The molecule has 0 spiro atoms. The summed E-state index contributed by atoms with van der Waals surface area (Å²) in [6, 6.07) is 13.9. The van der Waals surface area contributed by atoms with Gasteiger partial charge in [0.05, 0.1) is 12.7 Å². The highest BCUT2D eigenvalue weighted by atomic mass is 32.1. The lowest BCUT2D eigenvalue weighted by Gasteiger charge is -1.94. The molecule has 3 aromatic rings. The van der Waals surface area contributed by atoms with Crippen molar-refractivity contribution in [3.63, 3.8) is 0 Å². The molecule has 0 aliphatic heterocycles. The second-order valence-electron chi connectivity index (χ2n) is 4.04. The van der Waals surface area contributed by atoms with E-state index in [2.05, 4.69) is 4.98 Å². The van der Waals surface area contributed by atoms with Crippen LogP contribution in [0.15, 0.2) is 42.5 Å². The first-order valence-corrected chi connectivity index (χ1v) is 6.44. The largest absolute Gasteiger partial charge is 0.497 e. The number of rotatable bonds is 2. The summed E-state index contributed by atoms with van der Waals surface area (Å²) in [5, 5.41) is 1.12. The number of nitrogens with two attached hydrogens (primary N) is 1. The predicted molar refractivity (Wildman–Crippen MR) is 74.8 cm³/mol. The number of benzene rings is 2. The highest BCUT2D eigenvalue weighted by Crippen LogP contribution is 2.29. The maximum Gasteiger partial charge on any atom is 0.268 e. The standard InChI is InChI=1S/C14H12N2OS/c1-17-11-6-7-12-13(8-11)18-14(16-12)9-2-4-10(15)5-3-9/h2-8H,15H2,1H3/p+1. The third kappa shape index (κ3) is 1.91. The lowest BCUT2D eigenvalue weighted by molar-refractivity contribution is -0.325. The molecule has 0 radical (unpaired) electrons. The number of nitrogens with one attached hydrogen (secondary N) is 1. The number of anilines is 1. The average Bonchev–Trinajstić information content (AvgIpc) is 2.82. The van der Waals surface area contributed by atoms with Gasteiger partial charge in [-0.25, -0.2) is 0 Å². The van der Waals surface area contributed by atoms with Crippen LogP contribution in [0, 0.1) is 0 Å². The summed E-state index contributed by atoms with van der Waals surface area (Å²) in [4.78, 5) is 3.40. The van der Waals surface area contributed by atoms with E-state index in [0.29, 0.717) is 0 Å². The van der Waals surface area contributed by atoms with Crippen LogP contribution >= 0.6 is 11.3 Å². The molecule has 2 aromatic carbocycles. The van der Waals surface area contributed by atoms with Crippen LogP contribution in [0.3, 0.4) is 0 Å². The fraction of sp³-hybridized carbons (Fsp3) is 0.0714. The lowest BCUT2D eigenvalue weighted by atomic mass is 10.2. The number of thiazole rings is 1. The lowest BCUT2D eigenvalue weighted by Crippen LogP contribution is -2.00. The molecule has 0 amide bonds. The topological polar surface area (TPSA) is 49.4 Å². The molecule has 3 nitrogen and oxygen atoms in total. The highest BCUT2D eigenvalue weighted by Gasteiger charge is 2.13. The van der Waals surface area contributed by atoms with Crippen molar-refractivity contribution >= 4 is 27.2 Å². The predicted octanol–water partition coefficient (Wildman–Crippen LogP) is 2.97. The van der Waals surface area contributed by atoms with E-state index in [1.165, 1.54) is 4.70 Å². The van der Waals surface area contributed by atoms with Crippen molar-refractivity contribution in [3.05, 3.63) is 42.5 Å². The minimum atomic E-state index is 0.779. The first kappa shape index (κ1) is 11.0. The van der Waals surface area contributed by atoms with Gasteiger partial charge in [0.2, 0.25) is 5.52 Å². The molecule has 3 rings (SSSR count). The van der Waals surface area contributed by atoms with Gasteiger partial charge in [0.1, 0.15) is 10.4 Å².